The molecule has 0 radical (unpaired) electrons. The Labute approximate surface area is 112 Å². The first-order chi connectivity index (χ1) is 7.41. The number of thiophene rings is 1. The Morgan fingerprint density at radius 1 is 1.62 bits per heavy atom. The molecular weight excluding hydrogens is 336 g/mol. The maximum Gasteiger partial charge on any atom is 0.252 e. The third kappa shape index (κ3) is 2.30. The molecule has 1 saturated heterocycles. The fraction of sp³-hybridized carbons (Fsp3) is 0.500. The monoisotopic (exact) mass is 344 g/mol. The van der Waals surface area contributed by atoms with Crippen LogP contribution in [0.2, 0.25) is 5.02 Å². The first-order valence-electron chi connectivity index (χ1n) is 4.62. The molecule has 0 aliphatic carbocycles. The van der Waals surface area contributed by atoms with Crippen molar-refractivity contribution in [1.82, 2.24) is 4.31 Å². The van der Waals surface area contributed by atoms with Crippen LogP contribution < -0.4 is 5.73 Å². The summed E-state index contributed by atoms with van der Waals surface area (Å²) >= 11 is 10.2. The third-order valence-electron chi connectivity index (χ3n) is 2.40. The Bertz CT molecular complexity index is 483. The highest BCUT2D eigenvalue weighted by Crippen LogP contribution is 2.36. The molecule has 4 nitrogen and oxygen atoms in total. The first kappa shape index (κ1) is 12.8. The average molecular weight is 346 g/mol. The fourth-order valence-corrected chi connectivity index (χ4v) is 5.62. The highest BCUT2D eigenvalue weighted by molar-refractivity contribution is 9.11. The van der Waals surface area contributed by atoms with Crippen molar-refractivity contribution in [3.63, 3.8) is 0 Å². The molecule has 90 valence electrons. The van der Waals surface area contributed by atoms with Gasteiger partial charge in [-0.3, -0.25) is 0 Å². The smallest absolute Gasteiger partial charge is 0.252 e. The minimum atomic E-state index is -3.42. The molecule has 0 bridgehead atoms. The minimum absolute atomic E-state index is 0.0614. The highest BCUT2D eigenvalue weighted by atomic mass is 79.9. The molecule has 0 aromatic carbocycles. The molecule has 1 aromatic heterocycles. The van der Waals surface area contributed by atoms with Crippen molar-refractivity contribution in [2.24, 2.45) is 5.73 Å². The van der Waals surface area contributed by atoms with Crippen molar-refractivity contribution in [3.05, 3.63) is 14.9 Å². The van der Waals surface area contributed by atoms with Crippen molar-refractivity contribution in [2.45, 2.75) is 16.7 Å². The molecule has 1 fully saturated rings. The van der Waals surface area contributed by atoms with Gasteiger partial charge < -0.3 is 5.73 Å². The van der Waals surface area contributed by atoms with E-state index in [4.69, 9.17) is 17.3 Å². The predicted molar refractivity (Wildman–Crippen MR) is 68.4 cm³/mol. The van der Waals surface area contributed by atoms with Gasteiger partial charge in [-0.15, -0.1) is 11.3 Å². The number of halogens is 2. The summed E-state index contributed by atoms with van der Waals surface area (Å²) in [6.45, 7) is 0.867. The van der Waals surface area contributed by atoms with E-state index >= 15 is 0 Å². The van der Waals surface area contributed by atoms with E-state index in [1.165, 1.54) is 10.4 Å². The van der Waals surface area contributed by atoms with Crippen molar-refractivity contribution in [2.75, 3.05) is 13.1 Å². The van der Waals surface area contributed by atoms with Crippen LogP contribution in [0, 0.1) is 0 Å². The van der Waals surface area contributed by atoms with Crippen LogP contribution >= 0.6 is 38.9 Å². The molecule has 0 amide bonds. The Hall–Kier alpha value is 0.340. The molecule has 1 aliphatic rings. The van der Waals surface area contributed by atoms with Gasteiger partial charge in [-0.25, -0.2) is 8.42 Å². The Kier molecular flexibility index (Phi) is 3.63. The van der Waals surface area contributed by atoms with Gasteiger partial charge in [-0.1, -0.05) is 11.6 Å². The number of rotatable bonds is 2. The van der Waals surface area contributed by atoms with Gasteiger partial charge >= 0.3 is 0 Å². The normalized spacial score (nSPS) is 22.8. The molecule has 1 aliphatic heterocycles. The van der Waals surface area contributed by atoms with Crippen LogP contribution in [0.15, 0.2) is 14.1 Å². The van der Waals surface area contributed by atoms with Crippen LogP contribution in [-0.4, -0.2) is 31.9 Å². The molecule has 1 aromatic rings. The SMILES string of the molecule is N[C@H]1CCN(S(=O)(=O)c2cc(Cl)c(Br)s2)C1. The summed E-state index contributed by atoms with van der Waals surface area (Å²) in [5, 5.41) is 0.423. The van der Waals surface area contributed by atoms with Crippen molar-refractivity contribution in [3.8, 4) is 0 Å². The standard InChI is InChI=1S/C8H10BrClN2O2S2/c9-8-6(10)3-7(15-8)16(13,14)12-2-1-5(11)4-12/h3,5H,1-2,4,11H2/t5-/m0/s1. The summed E-state index contributed by atoms with van der Waals surface area (Å²) in [6.07, 6.45) is 0.708. The summed E-state index contributed by atoms with van der Waals surface area (Å²) in [5.74, 6) is 0. The average Bonchev–Trinajstić information content (AvgIpc) is 2.75. The number of hydrogen-bond donors (Lipinski definition) is 1. The van der Waals surface area contributed by atoms with Gasteiger partial charge in [0, 0.05) is 19.1 Å². The minimum Gasteiger partial charge on any atom is -0.326 e. The Morgan fingerprint density at radius 2 is 2.31 bits per heavy atom. The van der Waals surface area contributed by atoms with E-state index < -0.39 is 10.0 Å². The summed E-state index contributed by atoms with van der Waals surface area (Å²) in [4.78, 5) is 0. The maximum atomic E-state index is 12.1. The fourth-order valence-electron chi connectivity index (χ4n) is 1.55. The van der Waals surface area contributed by atoms with Crippen molar-refractivity contribution in [1.29, 1.82) is 0 Å². The molecule has 8 heteroatoms. The van der Waals surface area contributed by atoms with E-state index in [1.807, 2.05) is 0 Å². The van der Waals surface area contributed by atoms with Crippen LogP contribution in [0.3, 0.4) is 0 Å². The van der Waals surface area contributed by atoms with Gasteiger partial charge in [0.25, 0.3) is 10.0 Å². The first-order valence-corrected chi connectivity index (χ1v) is 8.04. The van der Waals surface area contributed by atoms with Gasteiger partial charge in [-0.2, -0.15) is 4.31 Å². The maximum absolute atomic E-state index is 12.1. The second kappa shape index (κ2) is 4.55. The van der Waals surface area contributed by atoms with E-state index in [0.29, 0.717) is 28.3 Å². The quantitative estimate of drug-likeness (QED) is 0.890. The number of nitrogens with two attached hydrogens (primary N) is 1. The summed E-state index contributed by atoms with van der Waals surface area (Å²) in [7, 11) is -3.42. The van der Waals surface area contributed by atoms with Crippen LogP contribution in [0.25, 0.3) is 0 Å². The molecule has 2 rings (SSSR count). The van der Waals surface area contributed by atoms with Gasteiger partial charge in [0.2, 0.25) is 0 Å². The lowest BCUT2D eigenvalue weighted by Gasteiger charge is -2.13. The molecule has 2 N–H and O–H groups in total. The van der Waals surface area contributed by atoms with Crippen LogP contribution in [0.5, 0.6) is 0 Å². The zero-order valence-corrected chi connectivity index (χ0v) is 12.2. The largest absolute Gasteiger partial charge is 0.326 e. The summed E-state index contributed by atoms with van der Waals surface area (Å²) in [5.41, 5.74) is 5.70. The number of sulfonamides is 1. The van der Waals surface area contributed by atoms with E-state index in [9.17, 15) is 8.42 Å². The van der Waals surface area contributed by atoms with E-state index in [-0.39, 0.29) is 10.3 Å². The van der Waals surface area contributed by atoms with Crippen molar-refractivity contribution >= 4 is 48.9 Å². The van der Waals surface area contributed by atoms with Gasteiger partial charge in [0.15, 0.2) is 0 Å². The lowest BCUT2D eigenvalue weighted by Crippen LogP contribution is -2.31. The molecule has 1 atom stereocenters. The second-order valence-corrected chi connectivity index (χ2v) is 8.54. The molecule has 2 heterocycles. The zero-order chi connectivity index (χ0) is 11.9. The molecule has 0 unspecified atom stereocenters. The van der Waals surface area contributed by atoms with Crippen LogP contribution in [-0.2, 0) is 10.0 Å². The number of hydrogen-bond acceptors (Lipinski definition) is 4. The predicted octanol–water partition coefficient (Wildman–Crippen LogP) is 1.89. The lowest BCUT2D eigenvalue weighted by atomic mass is 10.3. The Morgan fingerprint density at radius 3 is 2.75 bits per heavy atom. The Balaban J connectivity index is 2.32. The van der Waals surface area contributed by atoms with E-state index in [1.54, 1.807) is 0 Å². The summed E-state index contributed by atoms with van der Waals surface area (Å²) < 4.78 is 26.6. The highest BCUT2D eigenvalue weighted by Gasteiger charge is 2.32. The lowest BCUT2D eigenvalue weighted by molar-refractivity contribution is 0.474. The van der Waals surface area contributed by atoms with E-state index in [0.717, 1.165) is 11.3 Å². The van der Waals surface area contributed by atoms with E-state index in [2.05, 4.69) is 15.9 Å². The van der Waals surface area contributed by atoms with Gasteiger partial charge in [0.05, 0.1) is 8.81 Å². The van der Waals surface area contributed by atoms with Gasteiger partial charge in [0.1, 0.15) is 4.21 Å². The van der Waals surface area contributed by atoms with Gasteiger partial charge in [-0.05, 0) is 28.4 Å². The van der Waals surface area contributed by atoms with Crippen LogP contribution in [0.4, 0.5) is 0 Å². The zero-order valence-electron chi connectivity index (χ0n) is 8.19. The molecular formula is C8H10BrClN2O2S2. The third-order valence-corrected chi connectivity index (χ3v) is 7.19. The molecule has 0 saturated carbocycles. The molecule has 0 spiro atoms. The second-order valence-electron chi connectivity index (χ2n) is 3.60. The van der Waals surface area contributed by atoms with Crippen LogP contribution in [0.1, 0.15) is 6.42 Å². The topological polar surface area (TPSA) is 63.4 Å². The molecule has 16 heavy (non-hydrogen) atoms. The van der Waals surface area contributed by atoms with Crippen molar-refractivity contribution < 1.29 is 8.42 Å². The number of nitrogens with zero attached hydrogens (tertiary/aromatic N) is 1. The summed E-state index contributed by atoms with van der Waals surface area (Å²) in [6, 6.07) is 1.41.